The molecule has 2 heterocycles. The maximum atomic E-state index is 13.2. The maximum absolute atomic E-state index is 13.2. The Kier molecular flexibility index (Phi) is 2.76. The molecule has 2 N–H and O–H groups in total. The third kappa shape index (κ3) is 1.98. The maximum Gasteiger partial charge on any atom is 0.159 e. The van der Waals surface area contributed by atoms with Crippen LogP contribution in [0.3, 0.4) is 0 Å². The van der Waals surface area contributed by atoms with Gasteiger partial charge in [0.25, 0.3) is 0 Å². The average Bonchev–Trinajstić information content (AvgIpc) is 2.85. The molecule has 1 atom stereocenters. The zero-order chi connectivity index (χ0) is 13.4. The Morgan fingerprint density at radius 2 is 1.95 bits per heavy atom. The van der Waals surface area contributed by atoms with Crippen LogP contribution in [0.4, 0.5) is 8.78 Å². The summed E-state index contributed by atoms with van der Waals surface area (Å²) in [5.41, 5.74) is 8.23. The van der Waals surface area contributed by atoms with Gasteiger partial charge in [0.05, 0.1) is 17.8 Å². The van der Waals surface area contributed by atoms with Crippen LogP contribution >= 0.6 is 0 Å². The lowest BCUT2D eigenvalue weighted by molar-refractivity contribution is 0.506. The van der Waals surface area contributed by atoms with Crippen molar-refractivity contribution < 1.29 is 8.78 Å². The van der Waals surface area contributed by atoms with Crippen molar-refractivity contribution in [1.29, 1.82) is 0 Å². The summed E-state index contributed by atoms with van der Waals surface area (Å²) < 4.78 is 27.9. The monoisotopic (exact) mass is 259 g/mol. The third-order valence-electron chi connectivity index (χ3n) is 3.09. The first-order chi connectivity index (χ1) is 9.16. The van der Waals surface area contributed by atoms with Gasteiger partial charge in [0.2, 0.25) is 0 Å². The summed E-state index contributed by atoms with van der Waals surface area (Å²) in [7, 11) is 0. The minimum absolute atomic E-state index is 0.512. The fourth-order valence-electron chi connectivity index (χ4n) is 2.08. The minimum atomic E-state index is -0.899. The molecule has 0 amide bonds. The number of aromatic nitrogens is 2. The molecule has 2 aromatic heterocycles. The molecule has 5 heteroatoms. The zero-order valence-corrected chi connectivity index (χ0v) is 9.92. The van der Waals surface area contributed by atoms with Gasteiger partial charge >= 0.3 is 0 Å². The molecule has 19 heavy (non-hydrogen) atoms. The van der Waals surface area contributed by atoms with Gasteiger partial charge in [-0.1, -0.05) is 12.1 Å². The Bertz CT molecular complexity index is 736. The number of hydrogen-bond donors (Lipinski definition) is 1. The summed E-state index contributed by atoms with van der Waals surface area (Å²) in [6, 6.07) is 8.74. The molecule has 0 bridgehead atoms. The molecule has 0 aliphatic rings. The lowest BCUT2D eigenvalue weighted by Gasteiger charge is -2.11. The minimum Gasteiger partial charge on any atom is -0.320 e. The van der Waals surface area contributed by atoms with Crippen molar-refractivity contribution in [2.45, 2.75) is 6.04 Å². The largest absolute Gasteiger partial charge is 0.320 e. The van der Waals surface area contributed by atoms with Crippen molar-refractivity contribution in [3.05, 3.63) is 71.6 Å². The van der Waals surface area contributed by atoms with Gasteiger partial charge in [-0.2, -0.15) is 5.10 Å². The summed E-state index contributed by atoms with van der Waals surface area (Å²) in [6.07, 6.45) is 3.44. The van der Waals surface area contributed by atoms with Crippen molar-refractivity contribution in [1.82, 2.24) is 9.61 Å². The van der Waals surface area contributed by atoms with E-state index in [0.717, 1.165) is 23.2 Å². The van der Waals surface area contributed by atoms with E-state index in [9.17, 15) is 8.78 Å². The molecule has 3 nitrogen and oxygen atoms in total. The smallest absolute Gasteiger partial charge is 0.159 e. The molecule has 3 rings (SSSR count). The number of fused-ring (bicyclic) bond motifs is 1. The lowest BCUT2D eigenvalue weighted by Crippen LogP contribution is -2.12. The fourth-order valence-corrected chi connectivity index (χ4v) is 2.08. The van der Waals surface area contributed by atoms with Crippen molar-refractivity contribution in [3.8, 4) is 0 Å². The van der Waals surface area contributed by atoms with Gasteiger partial charge in [0, 0.05) is 11.8 Å². The molecular formula is C14H11F2N3. The van der Waals surface area contributed by atoms with Crippen molar-refractivity contribution in [2.75, 3.05) is 0 Å². The summed E-state index contributed by atoms with van der Waals surface area (Å²) in [5, 5.41) is 4.17. The fraction of sp³-hybridized carbons (Fsp3) is 0.0714. The Morgan fingerprint density at radius 1 is 1.11 bits per heavy atom. The highest BCUT2D eigenvalue weighted by molar-refractivity contribution is 5.56. The van der Waals surface area contributed by atoms with Crippen molar-refractivity contribution in [3.63, 3.8) is 0 Å². The summed E-state index contributed by atoms with van der Waals surface area (Å²) in [4.78, 5) is 0. The highest BCUT2D eigenvalue weighted by atomic mass is 19.2. The molecule has 0 spiro atoms. The molecule has 0 saturated carbocycles. The van der Waals surface area contributed by atoms with Crippen LogP contribution in [0, 0.1) is 11.6 Å². The van der Waals surface area contributed by atoms with Crippen LogP contribution in [-0.4, -0.2) is 9.61 Å². The Balaban J connectivity index is 2.08. The number of nitrogens with zero attached hydrogens (tertiary/aromatic N) is 2. The van der Waals surface area contributed by atoms with E-state index in [0.29, 0.717) is 5.56 Å². The molecule has 3 aromatic rings. The molecule has 0 fully saturated rings. The van der Waals surface area contributed by atoms with Gasteiger partial charge in [-0.15, -0.1) is 0 Å². The Morgan fingerprint density at radius 3 is 2.74 bits per heavy atom. The van der Waals surface area contributed by atoms with E-state index >= 15 is 0 Å². The number of nitrogens with two attached hydrogens (primary N) is 1. The van der Waals surface area contributed by atoms with E-state index in [2.05, 4.69) is 5.10 Å². The number of benzene rings is 1. The number of hydrogen-bond acceptors (Lipinski definition) is 2. The summed E-state index contributed by atoms with van der Waals surface area (Å²) in [6.45, 7) is 0. The van der Waals surface area contributed by atoms with E-state index in [1.807, 2.05) is 18.2 Å². The normalized spacial score (nSPS) is 12.8. The topological polar surface area (TPSA) is 43.3 Å². The van der Waals surface area contributed by atoms with Crippen LogP contribution in [0.1, 0.15) is 17.2 Å². The molecule has 1 aromatic carbocycles. The predicted octanol–water partition coefficient (Wildman–Crippen LogP) is 2.66. The van der Waals surface area contributed by atoms with Crippen LogP contribution in [0.5, 0.6) is 0 Å². The first-order valence-corrected chi connectivity index (χ1v) is 5.79. The number of halogens is 2. The highest BCUT2D eigenvalue weighted by Crippen LogP contribution is 2.24. The number of pyridine rings is 1. The van der Waals surface area contributed by atoms with Gasteiger partial charge in [-0.05, 0) is 29.8 Å². The molecule has 1 unspecified atom stereocenters. The highest BCUT2D eigenvalue weighted by Gasteiger charge is 2.15. The van der Waals surface area contributed by atoms with Gasteiger partial charge < -0.3 is 5.73 Å². The van der Waals surface area contributed by atoms with Crippen LogP contribution in [0.25, 0.3) is 5.52 Å². The zero-order valence-electron chi connectivity index (χ0n) is 9.92. The second-order valence-electron chi connectivity index (χ2n) is 4.28. The van der Waals surface area contributed by atoms with Crippen molar-refractivity contribution >= 4 is 5.52 Å². The third-order valence-corrected chi connectivity index (χ3v) is 3.09. The second kappa shape index (κ2) is 4.44. The van der Waals surface area contributed by atoms with E-state index in [4.69, 9.17) is 5.73 Å². The molecule has 0 aliphatic carbocycles. The van der Waals surface area contributed by atoms with Crippen LogP contribution in [-0.2, 0) is 0 Å². The predicted molar refractivity (Wildman–Crippen MR) is 67.6 cm³/mol. The first kappa shape index (κ1) is 11.8. The second-order valence-corrected chi connectivity index (χ2v) is 4.28. The van der Waals surface area contributed by atoms with Crippen molar-refractivity contribution in [2.24, 2.45) is 5.73 Å². The van der Waals surface area contributed by atoms with E-state index in [1.165, 1.54) is 6.07 Å². The Labute approximate surface area is 108 Å². The van der Waals surface area contributed by atoms with Crippen LogP contribution in [0.2, 0.25) is 0 Å². The van der Waals surface area contributed by atoms with Gasteiger partial charge in [-0.3, -0.25) is 0 Å². The molecule has 96 valence electrons. The van der Waals surface area contributed by atoms with Gasteiger partial charge in [-0.25, -0.2) is 13.3 Å². The molecule has 0 radical (unpaired) electrons. The Hall–Kier alpha value is -2.27. The summed E-state index contributed by atoms with van der Waals surface area (Å²) in [5.74, 6) is -1.78. The molecular weight excluding hydrogens is 248 g/mol. The molecule has 0 saturated heterocycles. The van der Waals surface area contributed by atoms with Gasteiger partial charge in [0.15, 0.2) is 11.6 Å². The quantitative estimate of drug-likeness (QED) is 0.768. The lowest BCUT2D eigenvalue weighted by atomic mass is 10.0. The number of rotatable bonds is 2. The summed E-state index contributed by atoms with van der Waals surface area (Å²) >= 11 is 0. The SMILES string of the molecule is NC(c1ccc(F)c(F)c1)c1cnn2ccccc12. The standard InChI is InChI=1S/C14H11F2N3/c15-11-5-4-9(7-12(11)16)14(17)10-8-18-19-6-2-1-3-13(10)19/h1-8,14H,17H2. The average molecular weight is 259 g/mol. The van der Waals surface area contributed by atoms with Gasteiger partial charge in [0.1, 0.15) is 0 Å². The van der Waals surface area contributed by atoms with E-state index in [1.54, 1.807) is 16.9 Å². The molecule has 0 aliphatic heterocycles. The van der Waals surface area contributed by atoms with Crippen LogP contribution in [0.15, 0.2) is 48.8 Å². The van der Waals surface area contributed by atoms with E-state index < -0.39 is 17.7 Å². The van der Waals surface area contributed by atoms with E-state index in [-0.39, 0.29) is 0 Å². The van der Waals surface area contributed by atoms with Crippen LogP contribution < -0.4 is 5.73 Å². The first-order valence-electron chi connectivity index (χ1n) is 5.79.